The van der Waals surface area contributed by atoms with Crippen LogP contribution in [0.5, 0.6) is 0 Å². The molecule has 0 bridgehead atoms. The average Bonchev–Trinajstić information content (AvgIpc) is 2.68. The molecule has 5 heteroatoms. The molecule has 1 heterocycles. The largest absolute Gasteiger partial charge is 0.381 e. The van der Waals surface area contributed by atoms with Crippen LogP contribution in [0.15, 0.2) is 18.2 Å². The van der Waals surface area contributed by atoms with Crippen molar-refractivity contribution in [3.8, 4) is 0 Å². The van der Waals surface area contributed by atoms with E-state index in [9.17, 15) is 0 Å². The molecule has 3 nitrogen and oxygen atoms in total. The standard InChI is InChI=1S/C13H14Cl2N2O/c1-18-9-5-8(6-9)17-11-4-2-3-10(15)13(11)16-12(17)7-14/h2-4,8-9H,5-7H2,1H3. The first-order chi connectivity index (χ1) is 8.74. The zero-order chi connectivity index (χ0) is 12.7. The SMILES string of the molecule is COC1CC(n2c(CCl)nc3c(Cl)cccc32)C1. The summed E-state index contributed by atoms with van der Waals surface area (Å²) in [4.78, 5) is 4.54. The number of halogens is 2. The van der Waals surface area contributed by atoms with Gasteiger partial charge < -0.3 is 9.30 Å². The molecule has 2 aromatic rings. The van der Waals surface area contributed by atoms with Crippen molar-refractivity contribution in [1.29, 1.82) is 0 Å². The van der Waals surface area contributed by atoms with E-state index in [2.05, 4.69) is 9.55 Å². The maximum Gasteiger partial charge on any atom is 0.125 e. The third-order valence-corrected chi connectivity index (χ3v) is 4.18. The maximum absolute atomic E-state index is 6.18. The Labute approximate surface area is 116 Å². The number of nitrogens with zero attached hydrogens (tertiary/aromatic N) is 2. The van der Waals surface area contributed by atoms with Gasteiger partial charge in [-0.2, -0.15) is 0 Å². The third kappa shape index (κ3) is 1.81. The van der Waals surface area contributed by atoms with Crippen LogP contribution in [0, 0.1) is 0 Å². The minimum atomic E-state index is 0.356. The van der Waals surface area contributed by atoms with Gasteiger partial charge in [-0.3, -0.25) is 0 Å². The second kappa shape index (κ2) is 4.72. The zero-order valence-electron chi connectivity index (χ0n) is 10.1. The number of fused-ring (bicyclic) bond motifs is 1. The molecule has 0 saturated heterocycles. The Morgan fingerprint density at radius 1 is 1.44 bits per heavy atom. The number of methoxy groups -OCH3 is 1. The molecule has 1 fully saturated rings. The molecule has 18 heavy (non-hydrogen) atoms. The van der Waals surface area contributed by atoms with Gasteiger partial charge in [0.05, 0.1) is 22.5 Å². The van der Waals surface area contributed by atoms with Crippen LogP contribution in [-0.4, -0.2) is 22.8 Å². The smallest absolute Gasteiger partial charge is 0.125 e. The van der Waals surface area contributed by atoms with Gasteiger partial charge in [-0.1, -0.05) is 17.7 Å². The number of alkyl halides is 1. The number of imidazole rings is 1. The lowest BCUT2D eigenvalue weighted by atomic mass is 9.89. The van der Waals surface area contributed by atoms with Crippen molar-refractivity contribution >= 4 is 34.2 Å². The number of aromatic nitrogens is 2. The van der Waals surface area contributed by atoms with Gasteiger partial charge >= 0.3 is 0 Å². The lowest BCUT2D eigenvalue weighted by molar-refractivity contribution is 0.00675. The Hall–Kier alpha value is -0.770. The fourth-order valence-corrected chi connectivity index (χ4v) is 2.97. The molecule has 0 unspecified atom stereocenters. The first kappa shape index (κ1) is 12.3. The van der Waals surface area contributed by atoms with Gasteiger partial charge in [0.1, 0.15) is 11.3 Å². The summed E-state index contributed by atoms with van der Waals surface area (Å²) in [6.07, 6.45) is 2.38. The van der Waals surface area contributed by atoms with Crippen molar-refractivity contribution in [2.24, 2.45) is 0 Å². The molecule has 1 aliphatic carbocycles. The highest BCUT2D eigenvalue weighted by atomic mass is 35.5. The molecule has 1 aromatic heterocycles. The molecule has 0 amide bonds. The summed E-state index contributed by atoms with van der Waals surface area (Å²) >= 11 is 12.2. The van der Waals surface area contributed by atoms with Gasteiger partial charge in [-0.15, -0.1) is 11.6 Å². The van der Waals surface area contributed by atoms with E-state index in [0.29, 0.717) is 23.0 Å². The van der Waals surface area contributed by atoms with Gasteiger partial charge in [0, 0.05) is 13.2 Å². The second-order valence-electron chi connectivity index (χ2n) is 4.62. The van der Waals surface area contributed by atoms with Crippen LogP contribution >= 0.6 is 23.2 Å². The summed E-state index contributed by atoms with van der Waals surface area (Å²) in [6, 6.07) is 6.28. The minimum Gasteiger partial charge on any atom is -0.381 e. The van der Waals surface area contributed by atoms with E-state index in [1.807, 2.05) is 18.2 Å². The van der Waals surface area contributed by atoms with Gasteiger partial charge in [0.25, 0.3) is 0 Å². The second-order valence-corrected chi connectivity index (χ2v) is 5.30. The van der Waals surface area contributed by atoms with Gasteiger partial charge in [-0.25, -0.2) is 4.98 Å². The van der Waals surface area contributed by atoms with E-state index in [4.69, 9.17) is 27.9 Å². The highest BCUT2D eigenvalue weighted by Crippen LogP contribution is 2.38. The molecule has 1 aromatic carbocycles. The van der Waals surface area contributed by atoms with E-state index < -0.39 is 0 Å². The highest BCUT2D eigenvalue weighted by Gasteiger charge is 2.33. The molecule has 1 saturated carbocycles. The lowest BCUT2D eigenvalue weighted by Gasteiger charge is -2.36. The fraction of sp³-hybridized carbons (Fsp3) is 0.462. The summed E-state index contributed by atoms with van der Waals surface area (Å²) < 4.78 is 7.54. The molecular formula is C13H14Cl2N2O. The number of hydrogen-bond donors (Lipinski definition) is 0. The lowest BCUT2D eigenvalue weighted by Crippen LogP contribution is -2.33. The molecule has 3 rings (SSSR count). The number of benzene rings is 1. The molecule has 0 radical (unpaired) electrons. The average molecular weight is 285 g/mol. The van der Waals surface area contributed by atoms with Crippen molar-refractivity contribution in [1.82, 2.24) is 9.55 Å². The van der Waals surface area contributed by atoms with E-state index in [1.165, 1.54) is 0 Å². The Balaban J connectivity index is 2.07. The maximum atomic E-state index is 6.18. The minimum absolute atomic E-state index is 0.356. The number of para-hydroxylation sites is 1. The van der Waals surface area contributed by atoms with Crippen LogP contribution < -0.4 is 0 Å². The Kier molecular flexibility index (Phi) is 3.22. The fourth-order valence-electron chi connectivity index (χ4n) is 2.57. The van der Waals surface area contributed by atoms with Crippen molar-refractivity contribution in [2.75, 3.05) is 7.11 Å². The third-order valence-electron chi connectivity index (χ3n) is 3.63. The summed E-state index contributed by atoms with van der Waals surface area (Å²) in [7, 11) is 1.76. The molecule has 0 aliphatic heterocycles. The summed E-state index contributed by atoms with van der Waals surface area (Å²) in [5.74, 6) is 1.29. The van der Waals surface area contributed by atoms with E-state index in [-0.39, 0.29) is 0 Å². The first-order valence-corrected chi connectivity index (χ1v) is 6.90. The summed E-state index contributed by atoms with van der Waals surface area (Å²) in [6.45, 7) is 0. The predicted octanol–water partition coefficient (Wildman–Crippen LogP) is 3.78. The van der Waals surface area contributed by atoms with Gasteiger partial charge in [-0.05, 0) is 25.0 Å². The summed E-state index contributed by atoms with van der Waals surface area (Å²) in [5.41, 5.74) is 1.91. The zero-order valence-corrected chi connectivity index (χ0v) is 11.6. The van der Waals surface area contributed by atoms with E-state index in [1.54, 1.807) is 7.11 Å². The van der Waals surface area contributed by atoms with Crippen molar-refractivity contribution in [3.63, 3.8) is 0 Å². The van der Waals surface area contributed by atoms with Crippen LogP contribution in [0.1, 0.15) is 24.7 Å². The summed E-state index contributed by atoms with van der Waals surface area (Å²) in [5, 5.41) is 0.681. The molecule has 0 N–H and O–H groups in total. The molecular weight excluding hydrogens is 271 g/mol. The topological polar surface area (TPSA) is 27.1 Å². The van der Waals surface area contributed by atoms with Crippen molar-refractivity contribution in [3.05, 3.63) is 29.0 Å². The first-order valence-electron chi connectivity index (χ1n) is 5.98. The molecule has 0 spiro atoms. The van der Waals surface area contributed by atoms with Crippen LogP contribution in [0.25, 0.3) is 11.0 Å². The quantitative estimate of drug-likeness (QED) is 0.802. The number of rotatable bonds is 3. The van der Waals surface area contributed by atoms with Crippen LogP contribution in [0.3, 0.4) is 0 Å². The van der Waals surface area contributed by atoms with Gasteiger partial charge in [0.2, 0.25) is 0 Å². The van der Waals surface area contributed by atoms with Crippen molar-refractivity contribution < 1.29 is 4.74 Å². The Bertz CT molecular complexity index is 576. The van der Waals surface area contributed by atoms with Crippen LogP contribution in [0.4, 0.5) is 0 Å². The molecule has 96 valence electrons. The monoisotopic (exact) mass is 284 g/mol. The Morgan fingerprint density at radius 2 is 2.22 bits per heavy atom. The van der Waals surface area contributed by atoms with E-state index in [0.717, 1.165) is 29.7 Å². The molecule has 1 aliphatic rings. The van der Waals surface area contributed by atoms with Gasteiger partial charge in [0.15, 0.2) is 0 Å². The predicted molar refractivity (Wildman–Crippen MR) is 73.4 cm³/mol. The van der Waals surface area contributed by atoms with Crippen LogP contribution in [0.2, 0.25) is 5.02 Å². The normalized spacial score (nSPS) is 23.3. The van der Waals surface area contributed by atoms with E-state index >= 15 is 0 Å². The van der Waals surface area contributed by atoms with Crippen molar-refractivity contribution in [2.45, 2.75) is 30.9 Å². The van der Waals surface area contributed by atoms with Crippen LogP contribution in [-0.2, 0) is 10.6 Å². The highest BCUT2D eigenvalue weighted by molar-refractivity contribution is 6.35. The molecule has 0 atom stereocenters. The number of ether oxygens (including phenoxy) is 1. The Morgan fingerprint density at radius 3 is 2.89 bits per heavy atom. The number of hydrogen-bond acceptors (Lipinski definition) is 2.